The maximum Gasteiger partial charge on any atom is 0.423 e. The molecular formula is C13H12F3N3O4. The van der Waals surface area contributed by atoms with Gasteiger partial charge in [0.05, 0.1) is 10.6 Å². The van der Waals surface area contributed by atoms with Crippen LogP contribution in [0, 0.1) is 10.1 Å². The summed E-state index contributed by atoms with van der Waals surface area (Å²) in [5, 5.41) is 10.7. The van der Waals surface area contributed by atoms with Crippen molar-refractivity contribution in [2.75, 3.05) is 11.9 Å². The number of carbonyl (C=O) groups excluding carboxylic acids is 2. The van der Waals surface area contributed by atoms with Gasteiger partial charge in [-0.3, -0.25) is 14.9 Å². The lowest BCUT2D eigenvalue weighted by molar-refractivity contribution is -0.388. The van der Waals surface area contributed by atoms with Crippen LogP contribution >= 0.6 is 0 Å². The van der Waals surface area contributed by atoms with Crippen LogP contribution in [-0.2, 0) is 11.0 Å². The number of nitro benzene ring substituents is 1. The number of carbonyl (C=O) groups is 2. The largest absolute Gasteiger partial charge is 0.423 e. The third kappa shape index (κ3) is 2.49. The fourth-order valence-electron chi connectivity index (χ4n) is 2.17. The van der Waals surface area contributed by atoms with E-state index in [0.717, 1.165) is 11.0 Å². The Bertz CT molecular complexity index is 715. The highest BCUT2D eigenvalue weighted by molar-refractivity contribution is 6.22. The highest BCUT2D eigenvalue weighted by Gasteiger charge is 2.50. The molecular weight excluding hydrogens is 319 g/mol. The Balaban J connectivity index is 2.60. The smallest absolute Gasteiger partial charge is 0.313 e. The molecule has 2 rings (SSSR count). The number of halogens is 3. The van der Waals surface area contributed by atoms with Crippen molar-refractivity contribution in [3.8, 4) is 0 Å². The predicted octanol–water partition coefficient (Wildman–Crippen LogP) is 2.79. The zero-order valence-corrected chi connectivity index (χ0v) is 12.3. The van der Waals surface area contributed by atoms with E-state index >= 15 is 0 Å². The van der Waals surface area contributed by atoms with Crippen LogP contribution in [0.15, 0.2) is 18.2 Å². The number of rotatable bonds is 2. The van der Waals surface area contributed by atoms with Crippen molar-refractivity contribution < 1.29 is 27.7 Å². The summed E-state index contributed by atoms with van der Waals surface area (Å²) in [6.07, 6.45) is -4.99. The van der Waals surface area contributed by atoms with Crippen molar-refractivity contribution in [2.45, 2.75) is 25.6 Å². The van der Waals surface area contributed by atoms with Gasteiger partial charge in [-0.15, -0.1) is 0 Å². The van der Waals surface area contributed by atoms with Crippen molar-refractivity contribution in [3.63, 3.8) is 0 Å². The highest BCUT2D eigenvalue weighted by Crippen LogP contribution is 2.40. The van der Waals surface area contributed by atoms with Crippen LogP contribution in [0.25, 0.3) is 0 Å². The van der Waals surface area contributed by atoms with Gasteiger partial charge in [-0.1, -0.05) is 0 Å². The molecule has 1 aromatic carbocycles. The number of hydrogen-bond donors (Lipinski definition) is 0. The molecule has 0 spiro atoms. The van der Waals surface area contributed by atoms with Gasteiger partial charge in [0.1, 0.15) is 11.1 Å². The first-order chi connectivity index (χ1) is 10.4. The van der Waals surface area contributed by atoms with Gasteiger partial charge in [0, 0.05) is 13.1 Å². The molecule has 1 aliphatic rings. The molecule has 1 fully saturated rings. The number of imide groups is 1. The Labute approximate surface area is 128 Å². The molecule has 0 radical (unpaired) electrons. The van der Waals surface area contributed by atoms with Gasteiger partial charge in [0.2, 0.25) is 0 Å². The molecule has 1 aliphatic heterocycles. The van der Waals surface area contributed by atoms with Crippen LogP contribution in [0.2, 0.25) is 0 Å². The van der Waals surface area contributed by atoms with Crippen LogP contribution in [0.1, 0.15) is 19.4 Å². The number of urea groups is 1. The van der Waals surface area contributed by atoms with E-state index < -0.39 is 39.8 Å². The summed E-state index contributed by atoms with van der Waals surface area (Å²) in [4.78, 5) is 35.6. The maximum absolute atomic E-state index is 13.0. The van der Waals surface area contributed by atoms with Crippen molar-refractivity contribution in [3.05, 3.63) is 33.9 Å². The van der Waals surface area contributed by atoms with Gasteiger partial charge in [0.15, 0.2) is 0 Å². The maximum atomic E-state index is 13.0. The Hall–Kier alpha value is -2.65. The number of likely N-dealkylation sites (N-methyl/N-ethyl adjacent to an activating group) is 1. The van der Waals surface area contributed by atoms with Crippen LogP contribution < -0.4 is 4.90 Å². The molecule has 1 saturated heterocycles. The summed E-state index contributed by atoms with van der Waals surface area (Å²) in [6, 6.07) is 1.20. The topological polar surface area (TPSA) is 83.8 Å². The molecule has 0 bridgehead atoms. The molecule has 0 atom stereocenters. The van der Waals surface area contributed by atoms with E-state index in [4.69, 9.17) is 0 Å². The summed E-state index contributed by atoms with van der Waals surface area (Å²) in [5.74, 6) is -0.716. The van der Waals surface area contributed by atoms with E-state index in [1.165, 1.54) is 20.9 Å². The molecule has 1 aromatic rings. The molecule has 0 saturated carbocycles. The summed E-state index contributed by atoms with van der Waals surface area (Å²) < 4.78 is 39.0. The quantitative estimate of drug-likeness (QED) is 0.474. The molecule has 23 heavy (non-hydrogen) atoms. The normalized spacial score (nSPS) is 17.8. The summed E-state index contributed by atoms with van der Waals surface area (Å²) in [6.45, 7) is 2.90. The lowest BCUT2D eigenvalue weighted by Crippen LogP contribution is -2.41. The summed E-state index contributed by atoms with van der Waals surface area (Å²) in [5.41, 5.74) is -4.26. The zero-order valence-electron chi connectivity index (χ0n) is 12.3. The van der Waals surface area contributed by atoms with Crippen LogP contribution in [0.5, 0.6) is 0 Å². The lowest BCUT2D eigenvalue weighted by Gasteiger charge is -2.22. The van der Waals surface area contributed by atoms with E-state index in [2.05, 4.69) is 0 Å². The number of nitrogens with zero attached hydrogens (tertiary/aromatic N) is 3. The molecule has 10 heteroatoms. The average Bonchev–Trinajstić information content (AvgIpc) is 2.58. The Kier molecular flexibility index (Phi) is 3.58. The second kappa shape index (κ2) is 4.93. The van der Waals surface area contributed by atoms with Crippen LogP contribution in [-0.4, -0.2) is 34.3 Å². The Morgan fingerprint density at radius 2 is 1.78 bits per heavy atom. The van der Waals surface area contributed by atoms with Gasteiger partial charge < -0.3 is 4.90 Å². The van der Waals surface area contributed by atoms with Gasteiger partial charge >= 0.3 is 12.2 Å². The molecule has 0 aromatic heterocycles. The molecule has 7 nitrogen and oxygen atoms in total. The minimum absolute atomic E-state index is 0.365. The third-order valence-corrected chi connectivity index (χ3v) is 3.78. The van der Waals surface area contributed by atoms with Crippen molar-refractivity contribution in [1.29, 1.82) is 0 Å². The number of anilines is 1. The molecule has 124 valence electrons. The van der Waals surface area contributed by atoms with E-state index in [1.807, 2.05) is 0 Å². The first kappa shape index (κ1) is 16.7. The van der Waals surface area contributed by atoms with Gasteiger partial charge in [-0.05, 0) is 26.0 Å². The molecule has 0 aliphatic carbocycles. The summed E-state index contributed by atoms with van der Waals surface area (Å²) in [7, 11) is 1.34. The van der Waals surface area contributed by atoms with Gasteiger partial charge in [-0.2, -0.15) is 13.2 Å². The van der Waals surface area contributed by atoms with Crippen LogP contribution in [0.3, 0.4) is 0 Å². The number of benzene rings is 1. The molecule has 0 unspecified atom stereocenters. The minimum Gasteiger partial charge on any atom is -0.313 e. The first-order valence-electron chi connectivity index (χ1n) is 6.37. The van der Waals surface area contributed by atoms with Crippen molar-refractivity contribution in [2.24, 2.45) is 0 Å². The van der Waals surface area contributed by atoms with Gasteiger partial charge in [0.25, 0.3) is 11.6 Å². The second-order valence-corrected chi connectivity index (χ2v) is 5.50. The SMILES string of the molecule is CN1C(=O)N(c2ccc([N+](=O)[O-])c(C(F)(F)F)c2)C(=O)C1(C)C. The molecule has 3 amide bonds. The third-order valence-electron chi connectivity index (χ3n) is 3.78. The van der Waals surface area contributed by atoms with Crippen LogP contribution in [0.4, 0.5) is 29.3 Å². The van der Waals surface area contributed by atoms with E-state index in [9.17, 15) is 32.9 Å². The van der Waals surface area contributed by atoms with E-state index in [-0.39, 0.29) is 5.69 Å². The standard InChI is InChI=1S/C13H12F3N3O4/c1-12(2)10(20)18(11(21)17(12)3)7-4-5-9(19(22)23)8(6-7)13(14,15)16/h4-6H,1-3H3. The molecule has 0 N–H and O–H groups in total. The highest BCUT2D eigenvalue weighted by atomic mass is 19.4. The Morgan fingerprint density at radius 3 is 2.17 bits per heavy atom. The lowest BCUT2D eigenvalue weighted by atomic mass is 10.0. The van der Waals surface area contributed by atoms with E-state index in [1.54, 1.807) is 0 Å². The summed E-state index contributed by atoms with van der Waals surface area (Å²) >= 11 is 0. The monoisotopic (exact) mass is 331 g/mol. The predicted molar refractivity (Wildman–Crippen MR) is 72.8 cm³/mol. The number of alkyl halides is 3. The fourth-order valence-corrected chi connectivity index (χ4v) is 2.17. The minimum atomic E-state index is -4.99. The second-order valence-electron chi connectivity index (χ2n) is 5.50. The first-order valence-corrected chi connectivity index (χ1v) is 6.37. The fraction of sp³-hybridized carbons (Fsp3) is 0.385. The number of amides is 3. The van der Waals surface area contributed by atoms with Crippen molar-refractivity contribution >= 4 is 23.3 Å². The number of nitro groups is 1. The van der Waals surface area contributed by atoms with E-state index in [0.29, 0.717) is 17.0 Å². The number of hydrogen-bond acceptors (Lipinski definition) is 4. The molecule has 1 heterocycles. The zero-order chi connectivity index (χ0) is 17.7. The average molecular weight is 331 g/mol. The Morgan fingerprint density at radius 1 is 1.22 bits per heavy atom. The van der Waals surface area contributed by atoms with Crippen molar-refractivity contribution in [1.82, 2.24) is 4.90 Å². The van der Waals surface area contributed by atoms with Gasteiger partial charge in [-0.25, -0.2) is 9.69 Å².